The number of aryl methyl sites for hydroxylation is 1. The van der Waals surface area contributed by atoms with Crippen molar-refractivity contribution in [2.24, 2.45) is 23.7 Å². The van der Waals surface area contributed by atoms with E-state index >= 15 is 0 Å². The van der Waals surface area contributed by atoms with Crippen molar-refractivity contribution >= 4 is 11.9 Å². The highest BCUT2D eigenvalue weighted by Gasteiger charge is 2.48. The van der Waals surface area contributed by atoms with Crippen molar-refractivity contribution in [3.8, 4) is 0 Å². The summed E-state index contributed by atoms with van der Waals surface area (Å²) < 4.78 is 0. The van der Waals surface area contributed by atoms with E-state index in [-0.39, 0.29) is 11.9 Å². The number of carbonyl (C=O) groups is 1. The summed E-state index contributed by atoms with van der Waals surface area (Å²) in [5.41, 5.74) is 6.78. The second kappa shape index (κ2) is 4.68. The van der Waals surface area contributed by atoms with Crippen LogP contribution >= 0.6 is 0 Å². The molecule has 5 rings (SSSR count). The predicted molar refractivity (Wildman–Crippen MR) is 79.5 cm³/mol. The fourth-order valence-electron chi connectivity index (χ4n) is 5.09. The maximum Gasteiger partial charge on any atom is 0.270 e. The van der Waals surface area contributed by atoms with E-state index in [1.807, 2.05) is 6.92 Å². The van der Waals surface area contributed by atoms with Crippen LogP contribution in [0.1, 0.15) is 48.3 Å². The molecule has 1 amide bonds. The second-order valence-corrected chi connectivity index (χ2v) is 7.18. The number of anilines is 1. The van der Waals surface area contributed by atoms with Crippen LogP contribution in [0.3, 0.4) is 0 Å². The van der Waals surface area contributed by atoms with Gasteiger partial charge in [0.2, 0.25) is 5.95 Å². The zero-order chi connectivity index (χ0) is 14.6. The first-order valence-electron chi connectivity index (χ1n) is 8.00. The molecule has 0 atom stereocenters. The number of nitrogens with one attached hydrogen (secondary N) is 1. The number of aromatic nitrogens is 2. The lowest BCUT2D eigenvalue weighted by molar-refractivity contribution is -0.0120. The second-order valence-electron chi connectivity index (χ2n) is 7.18. The van der Waals surface area contributed by atoms with E-state index in [0.29, 0.717) is 23.6 Å². The Kier molecular flexibility index (Phi) is 2.91. The summed E-state index contributed by atoms with van der Waals surface area (Å²) in [4.78, 5) is 20.6. The number of amides is 1. The van der Waals surface area contributed by atoms with Gasteiger partial charge in [0.15, 0.2) is 0 Å². The summed E-state index contributed by atoms with van der Waals surface area (Å²) in [6.45, 7) is 1.83. The van der Waals surface area contributed by atoms with Crippen LogP contribution in [-0.2, 0) is 0 Å². The maximum atomic E-state index is 12.5. The molecule has 21 heavy (non-hydrogen) atoms. The number of carbonyl (C=O) groups excluding carboxylic acids is 1. The Morgan fingerprint density at radius 1 is 1.14 bits per heavy atom. The average molecular weight is 286 g/mol. The van der Waals surface area contributed by atoms with Crippen LogP contribution in [0.25, 0.3) is 0 Å². The maximum absolute atomic E-state index is 12.5. The van der Waals surface area contributed by atoms with E-state index in [4.69, 9.17) is 5.73 Å². The highest BCUT2D eigenvalue weighted by Crippen LogP contribution is 2.53. The molecule has 4 aliphatic rings. The first-order valence-corrected chi connectivity index (χ1v) is 8.00. The zero-order valence-corrected chi connectivity index (χ0v) is 12.4. The van der Waals surface area contributed by atoms with Crippen molar-refractivity contribution < 1.29 is 4.79 Å². The number of nitrogen functional groups attached to an aromatic ring is 1. The Morgan fingerprint density at radius 2 is 1.76 bits per heavy atom. The van der Waals surface area contributed by atoms with Gasteiger partial charge in [0.1, 0.15) is 5.69 Å². The van der Waals surface area contributed by atoms with Crippen molar-refractivity contribution in [1.82, 2.24) is 15.3 Å². The molecular formula is C16H22N4O. The van der Waals surface area contributed by atoms with Gasteiger partial charge < -0.3 is 11.1 Å². The summed E-state index contributed by atoms with van der Waals surface area (Å²) in [6.07, 6.45) is 6.60. The standard InChI is InChI=1S/C16H22N4O/c1-8-2-13(19-16(17)18-8)15(21)20-14-11-4-9-3-10(6-11)7-12(14)5-9/h2,9-12,14H,3-7H2,1H3,(H,20,21)(H2,17,18,19). The molecule has 3 N–H and O–H groups in total. The lowest BCUT2D eigenvalue weighted by Gasteiger charge is -2.54. The SMILES string of the molecule is Cc1cc(C(=O)NC2C3CC4CC(C3)CC2C4)nc(N)n1. The molecule has 1 heterocycles. The minimum Gasteiger partial charge on any atom is -0.368 e. The summed E-state index contributed by atoms with van der Waals surface area (Å²) in [5.74, 6) is 3.25. The van der Waals surface area contributed by atoms with Crippen LogP contribution in [0.5, 0.6) is 0 Å². The molecule has 0 saturated heterocycles. The van der Waals surface area contributed by atoms with Gasteiger partial charge in [0, 0.05) is 11.7 Å². The molecule has 4 aliphatic carbocycles. The number of rotatable bonds is 2. The molecule has 5 heteroatoms. The topological polar surface area (TPSA) is 80.9 Å². The first kappa shape index (κ1) is 13.0. The van der Waals surface area contributed by atoms with Gasteiger partial charge in [-0.2, -0.15) is 0 Å². The fraction of sp³-hybridized carbons (Fsp3) is 0.688. The van der Waals surface area contributed by atoms with Gasteiger partial charge in [-0.25, -0.2) is 9.97 Å². The highest BCUT2D eigenvalue weighted by molar-refractivity contribution is 5.92. The Bertz CT molecular complexity index is 537. The number of hydrogen-bond donors (Lipinski definition) is 2. The molecule has 5 nitrogen and oxygen atoms in total. The summed E-state index contributed by atoms with van der Waals surface area (Å²) in [7, 11) is 0. The number of nitrogens with two attached hydrogens (primary N) is 1. The Balaban J connectivity index is 1.52. The summed E-state index contributed by atoms with van der Waals surface area (Å²) >= 11 is 0. The van der Waals surface area contributed by atoms with Crippen molar-refractivity contribution in [3.63, 3.8) is 0 Å². The molecule has 0 unspecified atom stereocenters. The van der Waals surface area contributed by atoms with E-state index in [0.717, 1.165) is 17.5 Å². The molecule has 0 radical (unpaired) electrons. The predicted octanol–water partition coefficient (Wildman–Crippen LogP) is 1.92. The summed E-state index contributed by atoms with van der Waals surface area (Å²) in [5, 5.41) is 3.25. The Labute approximate surface area is 124 Å². The van der Waals surface area contributed by atoms with E-state index in [9.17, 15) is 4.79 Å². The van der Waals surface area contributed by atoms with Gasteiger partial charge >= 0.3 is 0 Å². The Hall–Kier alpha value is -1.65. The van der Waals surface area contributed by atoms with Crippen LogP contribution in [0.4, 0.5) is 5.95 Å². The molecule has 0 aromatic carbocycles. The van der Waals surface area contributed by atoms with Crippen LogP contribution in [0, 0.1) is 30.6 Å². The van der Waals surface area contributed by atoms with Crippen LogP contribution in [0.15, 0.2) is 6.07 Å². The van der Waals surface area contributed by atoms with Crippen LogP contribution < -0.4 is 11.1 Å². The van der Waals surface area contributed by atoms with Gasteiger partial charge in [-0.15, -0.1) is 0 Å². The number of hydrogen-bond acceptors (Lipinski definition) is 4. The third-order valence-corrected chi connectivity index (χ3v) is 5.63. The zero-order valence-electron chi connectivity index (χ0n) is 12.4. The van der Waals surface area contributed by atoms with Crippen molar-refractivity contribution in [2.45, 2.75) is 45.1 Å². The van der Waals surface area contributed by atoms with Gasteiger partial charge in [-0.3, -0.25) is 4.79 Å². The largest absolute Gasteiger partial charge is 0.368 e. The van der Waals surface area contributed by atoms with Crippen molar-refractivity contribution in [3.05, 3.63) is 17.5 Å². The van der Waals surface area contributed by atoms with E-state index in [1.165, 1.54) is 32.1 Å². The molecule has 4 fully saturated rings. The third-order valence-electron chi connectivity index (χ3n) is 5.63. The lowest BCUT2D eigenvalue weighted by Crippen LogP contribution is -2.55. The lowest BCUT2D eigenvalue weighted by atomic mass is 9.54. The molecule has 0 aliphatic heterocycles. The minimum absolute atomic E-state index is 0.0929. The number of nitrogens with zero attached hydrogens (tertiary/aromatic N) is 2. The van der Waals surface area contributed by atoms with Crippen LogP contribution in [0.2, 0.25) is 0 Å². The summed E-state index contributed by atoms with van der Waals surface area (Å²) in [6, 6.07) is 2.05. The van der Waals surface area contributed by atoms with Gasteiger partial charge in [-0.05, 0) is 68.8 Å². The minimum atomic E-state index is -0.0929. The monoisotopic (exact) mass is 286 g/mol. The van der Waals surface area contributed by atoms with Gasteiger partial charge in [0.05, 0.1) is 0 Å². The smallest absolute Gasteiger partial charge is 0.270 e. The van der Waals surface area contributed by atoms with Gasteiger partial charge in [0.25, 0.3) is 5.91 Å². The highest BCUT2D eigenvalue weighted by atomic mass is 16.2. The van der Waals surface area contributed by atoms with Gasteiger partial charge in [-0.1, -0.05) is 0 Å². The van der Waals surface area contributed by atoms with E-state index < -0.39 is 0 Å². The molecule has 4 bridgehead atoms. The quantitative estimate of drug-likeness (QED) is 0.870. The van der Waals surface area contributed by atoms with Crippen molar-refractivity contribution in [2.75, 3.05) is 5.73 Å². The van der Waals surface area contributed by atoms with Crippen LogP contribution in [-0.4, -0.2) is 21.9 Å². The molecular weight excluding hydrogens is 264 g/mol. The Morgan fingerprint density at radius 3 is 2.33 bits per heavy atom. The fourth-order valence-corrected chi connectivity index (χ4v) is 5.09. The third kappa shape index (κ3) is 2.28. The van der Waals surface area contributed by atoms with E-state index in [1.54, 1.807) is 6.07 Å². The molecule has 112 valence electrons. The normalized spacial score (nSPS) is 36.7. The average Bonchev–Trinajstić information content (AvgIpc) is 2.40. The molecule has 1 aromatic heterocycles. The molecule has 4 saturated carbocycles. The molecule has 1 aromatic rings. The van der Waals surface area contributed by atoms with E-state index in [2.05, 4.69) is 15.3 Å². The molecule has 0 spiro atoms. The van der Waals surface area contributed by atoms with Crippen molar-refractivity contribution in [1.29, 1.82) is 0 Å². The first-order chi connectivity index (χ1) is 10.1.